The van der Waals surface area contributed by atoms with Crippen LogP contribution in [0.25, 0.3) is 43.6 Å². The zero-order valence-corrected chi connectivity index (χ0v) is 22.4. The van der Waals surface area contributed by atoms with Crippen LogP contribution in [0.2, 0.25) is 0 Å². The number of aromatic carboxylic acids is 2. The number of carboxylic acid groups (broad SMARTS) is 2. The van der Waals surface area contributed by atoms with Crippen LogP contribution in [0.3, 0.4) is 0 Å². The van der Waals surface area contributed by atoms with Crippen LogP contribution in [-0.4, -0.2) is 63.5 Å². The lowest BCUT2D eigenvalue weighted by molar-refractivity contribution is -0.256. The molecule has 11 nitrogen and oxygen atoms in total. The molecule has 11 heteroatoms. The largest absolute Gasteiger partial charge is 0.478 e. The van der Waals surface area contributed by atoms with E-state index in [-0.39, 0.29) is 29.6 Å². The van der Waals surface area contributed by atoms with Gasteiger partial charge in [-0.3, -0.25) is 4.79 Å². The Labute approximate surface area is 232 Å². The lowest BCUT2D eigenvalue weighted by Crippen LogP contribution is -2.59. The van der Waals surface area contributed by atoms with Gasteiger partial charge < -0.3 is 39.5 Å². The second-order valence-corrected chi connectivity index (χ2v) is 11.2. The number of carboxylic acids is 2. The first-order chi connectivity index (χ1) is 19.7. The molecule has 1 fully saturated rings. The summed E-state index contributed by atoms with van der Waals surface area (Å²) in [5, 5.41) is 28.9. The van der Waals surface area contributed by atoms with Crippen molar-refractivity contribution in [2.45, 2.75) is 44.0 Å². The van der Waals surface area contributed by atoms with Crippen molar-refractivity contribution < 1.29 is 34.1 Å². The van der Waals surface area contributed by atoms with E-state index in [1.807, 2.05) is 14.0 Å². The van der Waals surface area contributed by atoms with Crippen molar-refractivity contribution in [3.8, 4) is 0 Å². The van der Waals surface area contributed by atoms with Gasteiger partial charge in [0, 0.05) is 47.7 Å². The minimum atomic E-state index is -1.06. The fraction of sp³-hybridized carbons (Fsp3) is 0.300. The van der Waals surface area contributed by atoms with E-state index in [4.69, 9.17) is 9.47 Å². The van der Waals surface area contributed by atoms with Crippen molar-refractivity contribution >= 4 is 61.5 Å². The molecule has 3 aromatic carbocycles. The third-order valence-electron chi connectivity index (χ3n) is 9.28. The molecule has 8 rings (SSSR count). The number of likely N-dealkylation sites (N-methyl/N-ethyl adjacent to an activating group) is 1. The minimum Gasteiger partial charge on any atom is -0.478 e. The lowest BCUT2D eigenvalue weighted by atomic mass is 9.93. The number of nitrogens with one attached hydrogen (secondary N) is 2. The Morgan fingerprint density at radius 1 is 1.05 bits per heavy atom. The van der Waals surface area contributed by atoms with Crippen molar-refractivity contribution in [3.05, 3.63) is 58.7 Å². The molecule has 0 unspecified atom stereocenters. The summed E-state index contributed by atoms with van der Waals surface area (Å²) in [6, 6.07) is 9.88. The molecule has 0 radical (unpaired) electrons. The Bertz CT molecular complexity index is 2060. The number of ether oxygens (including phenoxy) is 2. The zero-order valence-electron chi connectivity index (χ0n) is 22.4. The van der Waals surface area contributed by atoms with E-state index in [0.29, 0.717) is 28.1 Å². The molecule has 0 aliphatic carbocycles. The van der Waals surface area contributed by atoms with Crippen LogP contribution in [0.4, 0.5) is 0 Å². The number of hydrogen-bond donors (Lipinski definition) is 4. The Hall–Kier alpha value is -4.45. The van der Waals surface area contributed by atoms with Gasteiger partial charge in [0.2, 0.25) is 0 Å². The van der Waals surface area contributed by atoms with Crippen LogP contribution in [0.1, 0.15) is 56.2 Å². The number of amides is 1. The molecule has 3 aliphatic rings. The summed E-state index contributed by atoms with van der Waals surface area (Å²) in [5.74, 6) is -2.36. The van der Waals surface area contributed by atoms with Gasteiger partial charge in [0.25, 0.3) is 5.91 Å². The quantitative estimate of drug-likeness (QED) is 0.263. The van der Waals surface area contributed by atoms with E-state index in [1.165, 1.54) is 0 Å². The Morgan fingerprint density at radius 2 is 1.71 bits per heavy atom. The maximum Gasteiger partial charge on any atom is 0.335 e. The summed E-state index contributed by atoms with van der Waals surface area (Å²) < 4.78 is 17.3. The molecular formula is C30H26N4O7. The summed E-state index contributed by atoms with van der Waals surface area (Å²) in [7, 11) is 3.54. The highest BCUT2D eigenvalue weighted by atomic mass is 16.6. The number of fused-ring (bicyclic) bond motifs is 13. The molecule has 0 saturated carbocycles. The van der Waals surface area contributed by atoms with Crippen LogP contribution in [0, 0.1) is 0 Å². The molecule has 5 heterocycles. The van der Waals surface area contributed by atoms with Crippen molar-refractivity contribution in [1.29, 1.82) is 0 Å². The summed E-state index contributed by atoms with van der Waals surface area (Å²) in [6.07, 6.45) is -0.335. The number of carbonyl (C=O) groups excluding carboxylic acids is 1. The van der Waals surface area contributed by atoms with E-state index in [9.17, 15) is 24.6 Å². The highest BCUT2D eigenvalue weighted by Crippen LogP contribution is 2.53. The van der Waals surface area contributed by atoms with Crippen LogP contribution >= 0.6 is 0 Å². The molecule has 4 N–H and O–H groups in total. The Kier molecular flexibility index (Phi) is 4.66. The van der Waals surface area contributed by atoms with Gasteiger partial charge in [-0.15, -0.1) is 0 Å². The van der Waals surface area contributed by atoms with Gasteiger partial charge >= 0.3 is 11.9 Å². The fourth-order valence-corrected chi connectivity index (χ4v) is 7.70. The highest BCUT2D eigenvalue weighted by Gasteiger charge is 2.53. The predicted molar refractivity (Wildman–Crippen MR) is 150 cm³/mol. The van der Waals surface area contributed by atoms with E-state index in [2.05, 4.69) is 19.8 Å². The van der Waals surface area contributed by atoms with Gasteiger partial charge in [0.1, 0.15) is 12.3 Å². The molecule has 1 saturated heterocycles. The Morgan fingerprint density at radius 3 is 2.34 bits per heavy atom. The SMILES string of the molecule is CN[C@@H]1C[C@H]2O[C@@](C)([C@@H]1OC)n1c3ccc(C(=O)O)cc3c3c4c(c5c6cc(C(=O)O)ccc6n2c5c31)C(=O)NC4. The van der Waals surface area contributed by atoms with Gasteiger partial charge in [-0.05, 0) is 55.9 Å². The number of benzene rings is 3. The first-order valence-electron chi connectivity index (χ1n) is 13.4. The lowest BCUT2D eigenvalue weighted by Gasteiger charge is -2.48. The van der Waals surface area contributed by atoms with E-state index >= 15 is 0 Å². The topological polar surface area (TPSA) is 144 Å². The molecule has 41 heavy (non-hydrogen) atoms. The number of methoxy groups -OCH3 is 1. The number of aromatic nitrogens is 2. The number of rotatable bonds is 4. The summed E-state index contributed by atoms with van der Waals surface area (Å²) in [5.41, 5.74) is 3.51. The minimum absolute atomic E-state index is 0.120. The first-order valence-corrected chi connectivity index (χ1v) is 13.4. The maximum atomic E-state index is 13.5. The molecule has 3 aliphatic heterocycles. The second kappa shape index (κ2) is 7.84. The number of hydrogen-bond acceptors (Lipinski definition) is 6. The standard InChI is InChI=1S/C30H26N4O7/c1-30-26(40-3)17(31-2)10-20(41-30)33-18-6-4-12(28(36)37)8-14(18)22-23-16(11-32-27(23)35)21-15-9-13(29(38)39)5-7-19(15)34(30)25(21)24(22)33/h4-9,17,20,26,31H,10-11H2,1-3H3,(H,32,35)(H,36,37)(H,38,39)/t17-,20-,26-,30+/m1/s1. The second-order valence-electron chi connectivity index (χ2n) is 11.2. The fourth-order valence-electron chi connectivity index (χ4n) is 7.70. The third-order valence-corrected chi connectivity index (χ3v) is 9.28. The van der Waals surface area contributed by atoms with Crippen LogP contribution in [0.5, 0.6) is 0 Å². The molecule has 5 aromatic rings. The Balaban J connectivity index is 1.69. The normalized spacial score (nSPS) is 24.9. The molecule has 4 atom stereocenters. The van der Waals surface area contributed by atoms with E-state index in [0.717, 1.165) is 33.0 Å². The maximum absolute atomic E-state index is 13.5. The molecule has 2 aromatic heterocycles. The van der Waals surface area contributed by atoms with Crippen molar-refractivity contribution in [2.75, 3.05) is 14.2 Å². The average molecular weight is 555 g/mol. The highest BCUT2D eigenvalue weighted by molar-refractivity contribution is 6.31. The molecular weight excluding hydrogens is 528 g/mol. The predicted octanol–water partition coefficient (Wildman–Crippen LogP) is 3.75. The van der Waals surface area contributed by atoms with Crippen LogP contribution in [0.15, 0.2) is 36.4 Å². The summed E-state index contributed by atoms with van der Waals surface area (Å²) in [6.45, 7) is 2.25. The third kappa shape index (κ3) is 2.80. The van der Waals surface area contributed by atoms with Crippen molar-refractivity contribution in [2.24, 2.45) is 0 Å². The summed E-state index contributed by atoms with van der Waals surface area (Å²) in [4.78, 5) is 37.6. The molecule has 208 valence electrons. The summed E-state index contributed by atoms with van der Waals surface area (Å²) >= 11 is 0. The van der Waals surface area contributed by atoms with Gasteiger partial charge in [0.05, 0.1) is 38.8 Å². The van der Waals surface area contributed by atoms with Crippen molar-refractivity contribution in [3.63, 3.8) is 0 Å². The monoisotopic (exact) mass is 554 g/mol. The zero-order chi connectivity index (χ0) is 28.5. The molecule has 0 spiro atoms. The smallest absolute Gasteiger partial charge is 0.335 e. The first kappa shape index (κ1) is 24.4. The average Bonchev–Trinajstić information content (AvgIpc) is 3.59. The van der Waals surface area contributed by atoms with Crippen LogP contribution < -0.4 is 10.6 Å². The van der Waals surface area contributed by atoms with Gasteiger partial charge in [-0.1, -0.05) is 0 Å². The van der Waals surface area contributed by atoms with Gasteiger partial charge in [-0.2, -0.15) is 0 Å². The van der Waals surface area contributed by atoms with E-state index < -0.39 is 30.0 Å². The van der Waals surface area contributed by atoms with E-state index in [1.54, 1.807) is 43.5 Å². The molecule has 2 bridgehead atoms. The number of carbonyl (C=O) groups is 3. The van der Waals surface area contributed by atoms with Crippen LogP contribution in [-0.2, 0) is 21.7 Å². The van der Waals surface area contributed by atoms with Gasteiger partial charge in [-0.25, -0.2) is 9.59 Å². The molecule has 1 amide bonds. The van der Waals surface area contributed by atoms with Crippen molar-refractivity contribution in [1.82, 2.24) is 19.8 Å². The van der Waals surface area contributed by atoms with Gasteiger partial charge in [0.15, 0.2) is 5.72 Å². The number of nitrogens with zero attached hydrogens (tertiary/aromatic N) is 2.